The fourth-order valence-electron chi connectivity index (χ4n) is 6.94. The number of halogens is 1. The Bertz CT molecular complexity index is 1520. The smallest absolute Gasteiger partial charge is 0.409 e. The molecule has 5 rings (SSSR count). The average Bonchev–Trinajstić information content (AvgIpc) is 3.68. The molecule has 3 amide bonds. The van der Waals surface area contributed by atoms with Crippen molar-refractivity contribution in [2.75, 3.05) is 33.2 Å². The normalized spacial score (nSPS) is 37.6. The van der Waals surface area contributed by atoms with E-state index in [1.165, 1.54) is 30.9 Å². The maximum atomic E-state index is 14.0. The average molecular weight is 692 g/mol. The molecule has 1 aromatic carbocycles. The minimum absolute atomic E-state index is 0.0686. The van der Waals surface area contributed by atoms with Crippen LogP contribution in [0.5, 0.6) is 5.75 Å². The molecule has 4 heterocycles. The minimum atomic E-state index is -1.84. The molecule has 4 aliphatic rings. The number of allylic oxidation sites excluding steroid dienone is 3. The number of carbonyl (C=O) groups is 3. The van der Waals surface area contributed by atoms with Crippen LogP contribution in [-0.2, 0) is 39.7 Å². The van der Waals surface area contributed by atoms with Crippen LogP contribution in [0.25, 0.3) is 0 Å². The third-order valence-electron chi connectivity index (χ3n) is 10.2. The van der Waals surface area contributed by atoms with Gasteiger partial charge in [-0.3, -0.25) is 14.9 Å². The van der Waals surface area contributed by atoms with Crippen LogP contribution in [0.1, 0.15) is 53.0 Å². The van der Waals surface area contributed by atoms with Crippen LogP contribution in [0, 0.1) is 5.92 Å². The van der Waals surface area contributed by atoms with Crippen LogP contribution in [0.15, 0.2) is 35.9 Å². The Balaban J connectivity index is 1.62. The van der Waals surface area contributed by atoms with Gasteiger partial charge >= 0.3 is 6.09 Å². The van der Waals surface area contributed by atoms with Gasteiger partial charge in [0.1, 0.15) is 34.7 Å². The fourth-order valence-corrected chi connectivity index (χ4v) is 7.25. The minimum Gasteiger partial charge on any atom is -0.495 e. The number of alkyl carbamates (subject to hydrolysis) is 1. The molecule has 264 valence electrons. The lowest BCUT2D eigenvalue weighted by Gasteiger charge is -2.46. The molecule has 0 spiro atoms. The molecule has 0 aromatic heterocycles. The first-order valence-electron chi connectivity index (χ1n) is 16.0. The highest BCUT2D eigenvalue weighted by atomic mass is 35.5. The van der Waals surface area contributed by atoms with Gasteiger partial charge < -0.3 is 43.3 Å². The zero-order chi connectivity index (χ0) is 35.3. The van der Waals surface area contributed by atoms with Crippen LogP contribution in [0.2, 0.25) is 5.02 Å². The number of aliphatic hydroxyl groups is 1. The molecular formula is C34H46ClN3O10. The van der Waals surface area contributed by atoms with Crippen molar-refractivity contribution >= 4 is 35.2 Å². The van der Waals surface area contributed by atoms with E-state index in [1.807, 2.05) is 25.1 Å². The van der Waals surface area contributed by atoms with Crippen LogP contribution < -0.4 is 15.0 Å². The maximum absolute atomic E-state index is 14.0. The molecule has 3 saturated heterocycles. The SMILES string of the molecule is COc1cc2cc(c1Cl)N(C)C(=O)C[C@@H]1OC([C@H](C)N(C)C(C)=O)O[C@@]3(O[C@@]13C)[C@H](C)[C@@H]1C[C@@](O)(NC(=O)O1)[C@H](OC)/C=C/C=C(\C)C2. The third kappa shape index (κ3) is 6.32. The predicted molar refractivity (Wildman–Crippen MR) is 175 cm³/mol. The lowest BCUT2D eigenvalue weighted by molar-refractivity contribution is -0.291. The number of likely N-dealkylation sites (N-methyl/N-ethyl adjacent to an activating group) is 1. The first-order chi connectivity index (χ1) is 22.5. The van der Waals surface area contributed by atoms with Crippen molar-refractivity contribution in [3.63, 3.8) is 0 Å². The zero-order valence-corrected chi connectivity index (χ0v) is 29.6. The van der Waals surface area contributed by atoms with Crippen molar-refractivity contribution in [3.8, 4) is 5.75 Å². The van der Waals surface area contributed by atoms with E-state index in [0.717, 1.165) is 11.1 Å². The fraction of sp³-hybridized carbons (Fsp3) is 0.618. The molecule has 1 unspecified atom stereocenters. The molecule has 3 fully saturated rings. The first kappa shape index (κ1) is 36.1. The standard InChI is InChI=1S/C34H46ClN3O10/c1-18-11-10-12-26(44-9)33(42)17-25(45-31(41)36-33)19(2)34-32(5,48-34)27(46-30(47-34)20(3)37(6)21(4)39)16-28(40)38(7)23-14-22(13-18)15-24(43-8)29(23)35/h10-12,14-15,19-20,25-27,30,42H,13,16-17H2,1-9H3,(H,36,41)/b12-10+,18-11+/t19-,20+,25+,26-,27+,30?,32+,33+,34-/m1/s1. The van der Waals surface area contributed by atoms with Gasteiger partial charge in [-0.05, 0) is 44.9 Å². The van der Waals surface area contributed by atoms with E-state index in [4.69, 9.17) is 40.0 Å². The van der Waals surface area contributed by atoms with Gasteiger partial charge in [-0.15, -0.1) is 0 Å². The number of methoxy groups -OCH3 is 2. The molecule has 13 nitrogen and oxygen atoms in total. The summed E-state index contributed by atoms with van der Waals surface area (Å²) in [6.07, 6.45) is 1.05. The number of hydrogen-bond donors (Lipinski definition) is 2. The summed E-state index contributed by atoms with van der Waals surface area (Å²) in [5, 5.41) is 14.6. The number of anilines is 1. The van der Waals surface area contributed by atoms with Crippen molar-refractivity contribution in [3.05, 3.63) is 46.5 Å². The van der Waals surface area contributed by atoms with Gasteiger partial charge in [0.05, 0.1) is 31.2 Å². The molecule has 0 radical (unpaired) electrons. The Morgan fingerprint density at radius 2 is 1.98 bits per heavy atom. The molecular weight excluding hydrogens is 646 g/mol. The van der Waals surface area contributed by atoms with Crippen LogP contribution in [0.4, 0.5) is 10.5 Å². The lowest BCUT2D eigenvalue weighted by Crippen LogP contribution is -2.65. The topological polar surface area (TPSA) is 149 Å². The Labute approximate surface area is 286 Å². The molecule has 0 saturated carbocycles. The summed E-state index contributed by atoms with van der Waals surface area (Å²) < 4.78 is 36.4. The number of carbonyl (C=O) groups excluding carboxylic acids is 3. The largest absolute Gasteiger partial charge is 0.495 e. The van der Waals surface area contributed by atoms with Gasteiger partial charge in [-0.1, -0.05) is 42.3 Å². The second-order valence-electron chi connectivity index (χ2n) is 13.4. The quantitative estimate of drug-likeness (QED) is 0.448. The number of hydrogen-bond acceptors (Lipinski definition) is 10. The van der Waals surface area contributed by atoms with E-state index in [2.05, 4.69) is 5.32 Å². The molecule has 48 heavy (non-hydrogen) atoms. The van der Waals surface area contributed by atoms with E-state index >= 15 is 0 Å². The maximum Gasteiger partial charge on any atom is 0.409 e. The number of nitrogens with zero attached hydrogens (tertiary/aromatic N) is 2. The summed E-state index contributed by atoms with van der Waals surface area (Å²) in [5.74, 6) is -2.19. The second-order valence-corrected chi connectivity index (χ2v) is 13.7. The first-order valence-corrected chi connectivity index (χ1v) is 16.4. The summed E-state index contributed by atoms with van der Waals surface area (Å²) in [5.41, 5.74) is -0.745. The van der Waals surface area contributed by atoms with Gasteiger partial charge in [0.25, 0.3) is 0 Å². The Kier molecular flexibility index (Phi) is 9.97. The van der Waals surface area contributed by atoms with E-state index in [-0.39, 0.29) is 29.7 Å². The van der Waals surface area contributed by atoms with Crippen LogP contribution >= 0.6 is 11.6 Å². The van der Waals surface area contributed by atoms with E-state index in [0.29, 0.717) is 17.9 Å². The number of rotatable bonds is 4. The molecule has 14 heteroatoms. The van der Waals surface area contributed by atoms with Gasteiger partial charge in [0, 0.05) is 34.5 Å². The van der Waals surface area contributed by atoms with Crippen molar-refractivity contribution in [2.45, 2.75) is 102 Å². The summed E-state index contributed by atoms with van der Waals surface area (Å²) in [6, 6.07) is 3.08. The molecule has 0 aliphatic carbocycles. The van der Waals surface area contributed by atoms with E-state index < -0.39 is 59.8 Å². The molecule has 6 bridgehead atoms. The number of amides is 3. The third-order valence-corrected chi connectivity index (χ3v) is 10.6. The summed E-state index contributed by atoms with van der Waals surface area (Å²) in [4.78, 5) is 42.3. The van der Waals surface area contributed by atoms with E-state index in [1.54, 1.807) is 47.0 Å². The zero-order valence-electron chi connectivity index (χ0n) is 28.9. The van der Waals surface area contributed by atoms with Gasteiger partial charge in [0.15, 0.2) is 12.0 Å². The molecule has 2 N–H and O–H groups in total. The van der Waals surface area contributed by atoms with Gasteiger partial charge in [-0.2, -0.15) is 0 Å². The monoisotopic (exact) mass is 691 g/mol. The molecule has 1 aromatic rings. The summed E-state index contributed by atoms with van der Waals surface area (Å²) >= 11 is 6.75. The Morgan fingerprint density at radius 3 is 2.62 bits per heavy atom. The Morgan fingerprint density at radius 1 is 1.27 bits per heavy atom. The predicted octanol–water partition coefficient (Wildman–Crippen LogP) is 3.69. The summed E-state index contributed by atoms with van der Waals surface area (Å²) in [6.45, 7) is 8.72. The molecule has 4 aliphatic heterocycles. The van der Waals surface area contributed by atoms with Crippen LogP contribution in [0.3, 0.4) is 0 Å². The highest BCUT2D eigenvalue weighted by Gasteiger charge is 2.80. The Hall–Kier alpha value is -3.20. The number of fused-ring (bicyclic) bond motifs is 4. The highest BCUT2D eigenvalue weighted by molar-refractivity contribution is 6.35. The second kappa shape index (κ2) is 13.3. The summed E-state index contributed by atoms with van der Waals surface area (Å²) in [7, 11) is 6.22. The van der Waals surface area contributed by atoms with Crippen molar-refractivity contribution in [1.82, 2.24) is 10.2 Å². The van der Waals surface area contributed by atoms with Gasteiger partial charge in [-0.25, -0.2) is 4.79 Å². The number of ether oxygens (including phenoxy) is 6. The van der Waals surface area contributed by atoms with Gasteiger partial charge in [0.2, 0.25) is 17.6 Å². The lowest BCUT2D eigenvalue weighted by atomic mass is 9.80. The highest BCUT2D eigenvalue weighted by Crippen LogP contribution is 2.62. The number of epoxide rings is 1. The van der Waals surface area contributed by atoms with E-state index in [9.17, 15) is 19.5 Å². The van der Waals surface area contributed by atoms with Crippen molar-refractivity contribution in [1.29, 1.82) is 0 Å². The number of benzene rings is 1. The molecule has 9 atom stereocenters. The number of nitrogens with one attached hydrogen (secondary N) is 1. The van der Waals surface area contributed by atoms with Crippen molar-refractivity contribution in [2.24, 2.45) is 5.92 Å². The van der Waals surface area contributed by atoms with Crippen LogP contribution in [-0.4, -0.2) is 104 Å². The van der Waals surface area contributed by atoms with Crippen molar-refractivity contribution < 1.29 is 47.9 Å².